The van der Waals surface area contributed by atoms with E-state index < -0.39 is 6.17 Å². The highest BCUT2D eigenvalue weighted by Crippen LogP contribution is 2.23. The molecule has 1 aliphatic rings. The predicted molar refractivity (Wildman–Crippen MR) is 122 cm³/mol. The van der Waals surface area contributed by atoms with Crippen molar-refractivity contribution < 1.29 is 9.18 Å². The summed E-state index contributed by atoms with van der Waals surface area (Å²) in [6, 6.07) is 23.7. The van der Waals surface area contributed by atoms with Crippen LogP contribution in [0.25, 0.3) is 11.3 Å². The van der Waals surface area contributed by atoms with Crippen LogP contribution in [0.15, 0.2) is 96.2 Å². The highest BCUT2D eigenvalue weighted by atomic mass is 19.1. The number of fused-ring (bicyclic) bond motifs is 1. The van der Waals surface area contributed by atoms with E-state index in [2.05, 4.69) is 15.3 Å². The number of hydrogen-bond acceptors (Lipinski definition) is 5. The van der Waals surface area contributed by atoms with Crippen molar-refractivity contribution in [3.63, 3.8) is 0 Å². The number of halogens is 1. The number of nitrogens with zero attached hydrogens (tertiary/aromatic N) is 3. The average molecular weight is 422 g/mol. The Bertz CT molecular complexity index is 1290. The monoisotopic (exact) mass is 422 g/mol. The number of anilines is 1. The van der Waals surface area contributed by atoms with Crippen molar-refractivity contribution in [1.82, 2.24) is 9.97 Å². The molecule has 0 amide bonds. The second kappa shape index (κ2) is 8.51. The number of Topliss-reactive ketones (excluding diaryl/α,β-unsaturated/α-hetero) is 1. The molecule has 5 nitrogen and oxygen atoms in total. The van der Waals surface area contributed by atoms with E-state index in [4.69, 9.17) is 4.99 Å². The summed E-state index contributed by atoms with van der Waals surface area (Å²) in [6.07, 6.45) is 2.63. The molecule has 0 radical (unpaired) electrons. The molecule has 0 bridgehead atoms. The summed E-state index contributed by atoms with van der Waals surface area (Å²) in [4.78, 5) is 26.6. The number of nitrogens with one attached hydrogen (secondary N) is 1. The lowest BCUT2D eigenvalue weighted by Crippen LogP contribution is -2.29. The molecule has 2 heterocycles. The number of ketones is 1. The smallest absolute Gasteiger partial charge is 0.181 e. The summed E-state index contributed by atoms with van der Waals surface area (Å²) in [5.41, 5.74) is 4.98. The van der Waals surface area contributed by atoms with Crippen LogP contribution in [0.2, 0.25) is 0 Å². The molecule has 0 saturated heterocycles. The number of carbonyl (C=O) groups is 1. The van der Waals surface area contributed by atoms with E-state index in [1.165, 1.54) is 12.1 Å². The first-order valence-electron chi connectivity index (χ1n) is 10.3. The van der Waals surface area contributed by atoms with Gasteiger partial charge in [-0.25, -0.2) is 9.37 Å². The van der Waals surface area contributed by atoms with Crippen LogP contribution in [0.4, 0.5) is 10.2 Å². The summed E-state index contributed by atoms with van der Waals surface area (Å²) in [7, 11) is 0. The Morgan fingerprint density at radius 3 is 2.31 bits per heavy atom. The van der Waals surface area contributed by atoms with Crippen molar-refractivity contribution in [2.24, 2.45) is 4.99 Å². The van der Waals surface area contributed by atoms with Crippen molar-refractivity contribution in [3.05, 3.63) is 114 Å². The van der Waals surface area contributed by atoms with Crippen molar-refractivity contribution in [3.8, 4) is 11.3 Å². The van der Waals surface area contributed by atoms with E-state index in [1.54, 1.807) is 24.5 Å². The van der Waals surface area contributed by atoms with Gasteiger partial charge in [-0.2, -0.15) is 0 Å². The molecule has 32 heavy (non-hydrogen) atoms. The third-order valence-electron chi connectivity index (χ3n) is 5.32. The minimum Gasteiger partial charge on any atom is -0.341 e. The van der Waals surface area contributed by atoms with E-state index in [-0.39, 0.29) is 18.0 Å². The number of hydrogen-bond donors (Lipinski definition) is 1. The zero-order valence-electron chi connectivity index (χ0n) is 17.1. The van der Waals surface area contributed by atoms with Crippen LogP contribution in [-0.2, 0) is 11.2 Å². The lowest BCUT2D eigenvalue weighted by Gasteiger charge is -2.14. The Morgan fingerprint density at radius 1 is 0.812 bits per heavy atom. The van der Waals surface area contributed by atoms with Gasteiger partial charge >= 0.3 is 0 Å². The van der Waals surface area contributed by atoms with Gasteiger partial charge in [0, 0.05) is 23.1 Å². The summed E-state index contributed by atoms with van der Waals surface area (Å²) >= 11 is 0. The molecule has 1 unspecified atom stereocenters. The minimum atomic E-state index is -0.788. The van der Waals surface area contributed by atoms with Crippen LogP contribution in [0.3, 0.4) is 0 Å². The highest BCUT2D eigenvalue weighted by molar-refractivity contribution is 6.16. The minimum absolute atomic E-state index is 0.0483. The Hall–Kier alpha value is -4.19. The van der Waals surface area contributed by atoms with Gasteiger partial charge in [0.15, 0.2) is 11.9 Å². The van der Waals surface area contributed by atoms with E-state index in [0.29, 0.717) is 11.5 Å². The molecule has 4 aromatic rings. The predicted octanol–water partition coefficient (Wildman–Crippen LogP) is 4.68. The second-order valence-corrected chi connectivity index (χ2v) is 7.48. The van der Waals surface area contributed by atoms with Gasteiger partial charge in [-0.05, 0) is 29.8 Å². The molecule has 0 fully saturated rings. The molecular formula is C26H19FN4O. The van der Waals surface area contributed by atoms with Crippen LogP contribution in [0.5, 0.6) is 0 Å². The van der Waals surface area contributed by atoms with Gasteiger partial charge in [-0.3, -0.25) is 14.8 Å². The fourth-order valence-corrected chi connectivity index (χ4v) is 3.71. The first-order valence-corrected chi connectivity index (χ1v) is 10.3. The topological polar surface area (TPSA) is 67.2 Å². The van der Waals surface area contributed by atoms with E-state index in [0.717, 1.165) is 28.0 Å². The first-order chi connectivity index (χ1) is 15.7. The molecule has 5 rings (SSSR count). The Morgan fingerprint density at radius 2 is 1.56 bits per heavy atom. The van der Waals surface area contributed by atoms with Crippen LogP contribution < -0.4 is 5.32 Å². The van der Waals surface area contributed by atoms with Gasteiger partial charge in [-0.1, -0.05) is 54.6 Å². The van der Waals surface area contributed by atoms with Gasteiger partial charge in [0.1, 0.15) is 11.6 Å². The standard InChI is InChI=1S/C26H19FN4O/c27-20-12-10-17(11-13-20)22-15-29-24(16-28-22)30-26-23(32)14-19-8-4-5-9-21(19)25(31-26)18-6-2-1-3-7-18/h1-13,15-16,26H,14H2,(H,29,30). The van der Waals surface area contributed by atoms with Gasteiger partial charge in [0.25, 0.3) is 0 Å². The van der Waals surface area contributed by atoms with Crippen molar-refractivity contribution in [2.45, 2.75) is 12.6 Å². The molecule has 6 heteroatoms. The normalized spacial score (nSPS) is 15.5. The number of benzene rings is 3. The SMILES string of the molecule is O=C1Cc2ccccc2C(c2ccccc2)=NC1Nc1cnc(-c2ccc(F)cc2)cn1. The van der Waals surface area contributed by atoms with Gasteiger partial charge in [0.2, 0.25) is 0 Å². The van der Waals surface area contributed by atoms with Gasteiger partial charge in [-0.15, -0.1) is 0 Å². The number of rotatable bonds is 4. The maximum absolute atomic E-state index is 13.2. The third-order valence-corrected chi connectivity index (χ3v) is 5.32. The van der Waals surface area contributed by atoms with E-state index >= 15 is 0 Å². The number of aromatic nitrogens is 2. The largest absolute Gasteiger partial charge is 0.341 e. The molecule has 156 valence electrons. The molecular weight excluding hydrogens is 403 g/mol. The van der Waals surface area contributed by atoms with Crippen molar-refractivity contribution >= 4 is 17.3 Å². The summed E-state index contributed by atoms with van der Waals surface area (Å²) < 4.78 is 13.2. The molecule has 0 spiro atoms. The maximum atomic E-state index is 13.2. The third kappa shape index (κ3) is 4.03. The zero-order chi connectivity index (χ0) is 21.9. The Labute approximate surface area is 184 Å². The molecule has 0 aliphatic carbocycles. The van der Waals surface area contributed by atoms with Crippen LogP contribution >= 0.6 is 0 Å². The number of aliphatic imine (C=N–C) groups is 1. The number of carbonyl (C=O) groups excluding carboxylic acids is 1. The van der Waals surface area contributed by atoms with E-state index in [9.17, 15) is 9.18 Å². The summed E-state index contributed by atoms with van der Waals surface area (Å²) in [5.74, 6) is 0.0871. The average Bonchev–Trinajstić information content (AvgIpc) is 2.97. The van der Waals surface area contributed by atoms with Gasteiger partial charge in [0.05, 0.1) is 23.8 Å². The Balaban J connectivity index is 1.46. The molecule has 1 atom stereocenters. The van der Waals surface area contributed by atoms with Crippen molar-refractivity contribution in [1.29, 1.82) is 0 Å². The van der Waals surface area contributed by atoms with Gasteiger partial charge < -0.3 is 5.32 Å². The fourth-order valence-electron chi connectivity index (χ4n) is 3.71. The summed E-state index contributed by atoms with van der Waals surface area (Å²) in [6.45, 7) is 0. The lowest BCUT2D eigenvalue weighted by molar-refractivity contribution is -0.118. The Kier molecular flexibility index (Phi) is 5.25. The quantitative estimate of drug-likeness (QED) is 0.518. The van der Waals surface area contributed by atoms with Crippen LogP contribution in [0.1, 0.15) is 16.7 Å². The first kappa shape index (κ1) is 19.8. The summed E-state index contributed by atoms with van der Waals surface area (Å²) in [5, 5.41) is 3.12. The zero-order valence-corrected chi connectivity index (χ0v) is 17.1. The fraction of sp³-hybridized carbons (Fsp3) is 0.0769. The van der Waals surface area contributed by atoms with Crippen LogP contribution in [0, 0.1) is 5.82 Å². The maximum Gasteiger partial charge on any atom is 0.181 e. The molecule has 1 N–H and O–H groups in total. The molecule has 3 aromatic carbocycles. The van der Waals surface area contributed by atoms with Crippen molar-refractivity contribution in [2.75, 3.05) is 5.32 Å². The molecule has 1 aliphatic heterocycles. The van der Waals surface area contributed by atoms with Crippen LogP contribution in [-0.4, -0.2) is 27.6 Å². The molecule has 0 saturated carbocycles. The second-order valence-electron chi connectivity index (χ2n) is 7.48. The lowest BCUT2D eigenvalue weighted by atomic mass is 9.96. The van der Waals surface area contributed by atoms with E-state index in [1.807, 2.05) is 54.6 Å². The highest BCUT2D eigenvalue weighted by Gasteiger charge is 2.26. The molecule has 1 aromatic heterocycles.